The number of likely N-dealkylation sites (tertiary alicyclic amines) is 1. The monoisotopic (exact) mass is 470 g/mol. The lowest BCUT2D eigenvalue weighted by atomic mass is 9.85. The minimum absolute atomic E-state index is 0.00364. The summed E-state index contributed by atoms with van der Waals surface area (Å²) in [7, 11) is 1.78. The molecule has 0 bridgehead atoms. The summed E-state index contributed by atoms with van der Waals surface area (Å²) in [4.78, 5) is 33.0. The fourth-order valence-electron chi connectivity index (χ4n) is 5.09. The van der Waals surface area contributed by atoms with Crippen molar-refractivity contribution in [3.8, 4) is 0 Å². The number of hydrogen-bond acceptors (Lipinski definition) is 4. The van der Waals surface area contributed by atoms with E-state index in [9.17, 15) is 9.59 Å². The van der Waals surface area contributed by atoms with Crippen molar-refractivity contribution in [2.45, 2.75) is 39.2 Å². The van der Waals surface area contributed by atoms with Crippen molar-refractivity contribution in [3.63, 3.8) is 0 Å². The molecule has 35 heavy (non-hydrogen) atoms. The molecule has 0 spiro atoms. The van der Waals surface area contributed by atoms with Crippen LogP contribution in [-0.4, -0.2) is 55.0 Å². The van der Waals surface area contributed by atoms with E-state index in [2.05, 4.69) is 27.5 Å². The molecule has 5 rings (SSSR count). The highest BCUT2D eigenvalue weighted by molar-refractivity contribution is 5.95. The van der Waals surface area contributed by atoms with Gasteiger partial charge in [-0.25, -0.2) is 4.98 Å². The summed E-state index contributed by atoms with van der Waals surface area (Å²) in [5, 5.41) is 7.52. The first-order valence-electron chi connectivity index (χ1n) is 11.9. The Kier molecular flexibility index (Phi) is 5.88. The Bertz CT molecular complexity index is 1400. The van der Waals surface area contributed by atoms with Gasteiger partial charge in [0, 0.05) is 50.2 Å². The molecule has 180 valence electrons. The maximum atomic E-state index is 13.6. The van der Waals surface area contributed by atoms with E-state index < -0.39 is 0 Å². The Morgan fingerprint density at radius 2 is 1.86 bits per heavy atom. The molecule has 2 atom stereocenters. The second-order valence-corrected chi connectivity index (χ2v) is 9.44. The number of pyridine rings is 1. The minimum Gasteiger partial charge on any atom is -0.347 e. The van der Waals surface area contributed by atoms with Crippen LogP contribution in [0.2, 0.25) is 0 Å². The van der Waals surface area contributed by atoms with Crippen LogP contribution in [0.5, 0.6) is 0 Å². The zero-order chi connectivity index (χ0) is 24.7. The largest absolute Gasteiger partial charge is 0.347 e. The van der Waals surface area contributed by atoms with E-state index in [1.54, 1.807) is 17.8 Å². The van der Waals surface area contributed by atoms with E-state index in [4.69, 9.17) is 0 Å². The van der Waals surface area contributed by atoms with Crippen LogP contribution in [0.3, 0.4) is 0 Å². The van der Waals surface area contributed by atoms with Crippen LogP contribution in [0.4, 0.5) is 0 Å². The Balaban J connectivity index is 1.41. The molecule has 1 saturated heterocycles. The van der Waals surface area contributed by atoms with Gasteiger partial charge in [0.1, 0.15) is 11.3 Å². The van der Waals surface area contributed by atoms with Gasteiger partial charge >= 0.3 is 0 Å². The second kappa shape index (κ2) is 9.02. The van der Waals surface area contributed by atoms with Crippen LogP contribution in [0.15, 0.2) is 54.9 Å². The van der Waals surface area contributed by atoms with E-state index >= 15 is 0 Å². The van der Waals surface area contributed by atoms with Gasteiger partial charge in [0.25, 0.3) is 11.8 Å². The summed E-state index contributed by atoms with van der Waals surface area (Å²) in [6.07, 6.45) is 4.36. The number of nitrogens with one attached hydrogen (secondary N) is 1. The number of carbonyl (C=O) groups excluding carboxylic acids is 2. The summed E-state index contributed by atoms with van der Waals surface area (Å²) >= 11 is 0. The molecule has 0 aliphatic carbocycles. The third-order valence-corrected chi connectivity index (χ3v) is 6.90. The first kappa shape index (κ1) is 22.8. The van der Waals surface area contributed by atoms with Crippen LogP contribution >= 0.6 is 0 Å². The van der Waals surface area contributed by atoms with Gasteiger partial charge in [0.2, 0.25) is 0 Å². The number of benzene rings is 1. The van der Waals surface area contributed by atoms with Gasteiger partial charge in [0.05, 0.1) is 11.3 Å². The quantitative estimate of drug-likeness (QED) is 0.495. The number of rotatable bonds is 4. The van der Waals surface area contributed by atoms with E-state index in [0.29, 0.717) is 30.8 Å². The van der Waals surface area contributed by atoms with E-state index in [-0.39, 0.29) is 23.8 Å². The fourth-order valence-corrected chi connectivity index (χ4v) is 5.09. The van der Waals surface area contributed by atoms with Crippen molar-refractivity contribution in [2.75, 3.05) is 13.1 Å². The summed E-state index contributed by atoms with van der Waals surface area (Å²) in [5.41, 5.74) is 5.92. The number of piperidine rings is 1. The van der Waals surface area contributed by atoms with E-state index in [1.165, 1.54) is 0 Å². The van der Waals surface area contributed by atoms with E-state index in [0.717, 1.165) is 28.2 Å². The van der Waals surface area contributed by atoms with Crippen molar-refractivity contribution >= 4 is 17.5 Å². The molecule has 4 heterocycles. The van der Waals surface area contributed by atoms with Gasteiger partial charge in [-0.1, -0.05) is 30.3 Å². The zero-order valence-electron chi connectivity index (χ0n) is 20.5. The molecule has 3 aromatic heterocycles. The highest BCUT2D eigenvalue weighted by atomic mass is 16.2. The Morgan fingerprint density at radius 3 is 2.57 bits per heavy atom. The molecule has 0 saturated carbocycles. The van der Waals surface area contributed by atoms with E-state index in [1.807, 2.05) is 66.7 Å². The number of hydrogen-bond donors (Lipinski definition) is 1. The molecule has 2 amide bonds. The van der Waals surface area contributed by atoms with Crippen LogP contribution in [0.25, 0.3) is 5.65 Å². The zero-order valence-corrected chi connectivity index (χ0v) is 20.5. The molecular weight excluding hydrogens is 440 g/mol. The third kappa shape index (κ3) is 4.32. The predicted octanol–water partition coefficient (Wildman–Crippen LogP) is 3.42. The standard InChI is InChI=1S/C27H30N6O2/c1-17-12-21(15-33-19(3)14-28-25(17)33)27(35)32-11-10-23(22(16-32)20-8-6-5-7-9-20)29-26(34)24-13-18(2)30-31(24)4/h5-9,12-15,22-23H,10-11,16H2,1-4H3,(H,29,34)/t22-,23-/m1/s1. The van der Waals surface area contributed by atoms with Crippen molar-refractivity contribution in [1.29, 1.82) is 0 Å². The van der Waals surface area contributed by atoms with Crippen molar-refractivity contribution in [1.82, 2.24) is 29.4 Å². The summed E-state index contributed by atoms with van der Waals surface area (Å²) in [6.45, 7) is 6.93. The number of nitrogens with zero attached hydrogens (tertiary/aromatic N) is 5. The van der Waals surface area contributed by atoms with Gasteiger partial charge in [-0.3, -0.25) is 14.3 Å². The SMILES string of the molecule is Cc1cc(C(=O)N[C@@H]2CCN(C(=O)c3cc(C)c4ncc(C)n4c3)C[C@@H]2c2ccccc2)n(C)n1. The molecule has 1 aliphatic rings. The second-order valence-electron chi connectivity index (χ2n) is 9.44. The van der Waals surface area contributed by atoms with Gasteiger partial charge in [-0.2, -0.15) is 5.10 Å². The normalized spacial score (nSPS) is 18.1. The Labute approximate surface area is 204 Å². The predicted molar refractivity (Wildman–Crippen MR) is 134 cm³/mol. The van der Waals surface area contributed by atoms with Gasteiger partial charge in [-0.15, -0.1) is 0 Å². The summed E-state index contributed by atoms with van der Waals surface area (Å²) in [6, 6.07) is 13.7. The fraction of sp³-hybridized carbons (Fsp3) is 0.333. The van der Waals surface area contributed by atoms with Crippen LogP contribution < -0.4 is 5.32 Å². The molecule has 8 heteroatoms. The van der Waals surface area contributed by atoms with Crippen molar-refractivity contribution in [2.24, 2.45) is 7.05 Å². The molecular formula is C27H30N6O2. The van der Waals surface area contributed by atoms with Gasteiger partial charge < -0.3 is 14.6 Å². The first-order chi connectivity index (χ1) is 16.8. The van der Waals surface area contributed by atoms with Crippen LogP contribution in [0, 0.1) is 20.8 Å². The summed E-state index contributed by atoms with van der Waals surface area (Å²) < 4.78 is 3.58. The van der Waals surface area contributed by atoms with Crippen LogP contribution in [-0.2, 0) is 7.05 Å². The Hall–Kier alpha value is -3.94. The average molecular weight is 471 g/mol. The molecule has 1 aliphatic heterocycles. The number of aryl methyl sites for hydroxylation is 4. The Morgan fingerprint density at radius 1 is 1.09 bits per heavy atom. The lowest BCUT2D eigenvalue weighted by Crippen LogP contribution is -2.51. The van der Waals surface area contributed by atoms with Crippen molar-refractivity contribution < 1.29 is 9.59 Å². The molecule has 8 nitrogen and oxygen atoms in total. The minimum atomic E-state index is -0.143. The number of carbonyl (C=O) groups is 2. The molecule has 0 unspecified atom stereocenters. The third-order valence-electron chi connectivity index (χ3n) is 6.90. The van der Waals surface area contributed by atoms with Gasteiger partial charge in [-0.05, 0) is 50.5 Å². The lowest BCUT2D eigenvalue weighted by molar-refractivity contribution is 0.0670. The smallest absolute Gasteiger partial charge is 0.269 e. The average Bonchev–Trinajstić information content (AvgIpc) is 3.40. The molecule has 4 aromatic rings. The maximum absolute atomic E-state index is 13.6. The highest BCUT2D eigenvalue weighted by Crippen LogP contribution is 2.29. The van der Waals surface area contributed by atoms with Gasteiger partial charge in [0.15, 0.2) is 0 Å². The molecule has 1 aromatic carbocycles. The molecule has 0 radical (unpaired) electrons. The number of fused-ring (bicyclic) bond motifs is 1. The lowest BCUT2D eigenvalue weighted by Gasteiger charge is -2.39. The highest BCUT2D eigenvalue weighted by Gasteiger charge is 2.34. The van der Waals surface area contributed by atoms with Crippen LogP contribution in [0.1, 0.15) is 55.7 Å². The molecule has 1 N–H and O–H groups in total. The number of aromatic nitrogens is 4. The first-order valence-corrected chi connectivity index (χ1v) is 11.9. The number of amides is 2. The summed E-state index contributed by atoms with van der Waals surface area (Å²) in [5.74, 6) is -0.168. The topological polar surface area (TPSA) is 84.5 Å². The maximum Gasteiger partial charge on any atom is 0.269 e. The molecule has 1 fully saturated rings. The number of imidazole rings is 1. The van der Waals surface area contributed by atoms with Crippen molar-refractivity contribution in [3.05, 3.63) is 88.6 Å².